The van der Waals surface area contributed by atoms with E-state index in [-0.39, 0.29) is 12.3 Å². The average molecular weight is 421 g/mol. The molecule has 1 aromatic carbocycles. The lowest BCUT2D eigenvalue weighted by Gasteiger charge is -2.16. The lowest BCUT2D eigenvalue weighted by atomic mass is 10.1. The number of nitrogens with zero attached hydrogens (tertiary/aromatic N) is 5. The fraction of sp³-hybridized carbons (Fsp3) is 0.238. The second-order valence-corrected chi connectivity index (χ2v) is 7.47. The third-order valence-electron chi connectivity index (χ3n) is 5.27. The van der Waals surface area contributed by atoms with Crippen LogP contribution in [0.15, 0.2) is 43.0 Å². The Kier molecular flexibility index (Phi) is 4.62. The van der Waals surface area contributed by atoms with E-state index in [1.54, 1.807) is 0 Å². The van der Waals surface area contributed by atoms with Crippen LogP contribution in [-0.2, 0) is 4.74 Å². The van der Waals surface area contributed by atoms with Gasteiger partial charge in [-0.3, -0.25) is 4.98 Å². The molecule has 1 aliphatic heterocycles. The number of pyridine rings is 1. The number of rotatable bonds is 4. The van der Waals surface area contributed by atoms with Crippen LogP contribution in [0.5, 0.6) is 5.75 Å². The molecule has 8 nitrogen and oxygen atoms in total. The molecule has 2 N–H and O–H groups in total. The summed E-state index contributed by atoms with van der Waals surface area (Å²) in [6, 6.07) is 9.39. The normalized spacial score (nSPS) is 18.7. The summed E-state index contributed by atoms with van der Waals surface area (Å²) in [5.74, 6) is 1.14. The molecule has 4 aromatic rings. The van der Waals surface area contributed by atoms with Gasteiger partial charge in [-0.2, -0.15) is 5.26 Å². The van der Waals surface area contributed by atoms with E-state index >= 15 is 0 Å². The monoisotopic (exact) mass is 420 g/mol. The first-order valence-corrected chi connectivity index (χ1v) is 9.85. The quantitative estimate of drug-likeness (QED) is 0.533. The van der Waals surface area contributed by atoms with Crippen LogP contribution in [0, 0.1) is 11.3 Å². The van der Waals surface area contributed by atoms with Crippen LogP contribution in [0.25, 0.3) is 21.9 Å². The first-order valence-electron chi connectivity index (χ1n) is 9.47. The minimum Gasteiger partial charge on any atom is -0.491 e. The minimum atomic E-state index is -0.119. The molecule has 150 valence electrons. The number of anilines is 1. The molecule has 0 saturated carbocycles. The number of nitrogens with two attached hydrogens (primary N) is 1. The molecule has 0 spiro atoms. The largest absolute Gasteiger partial charge is 0.491 e. The predicted octanol–water partition coefficient (Wildman–Crippen LogP) is 3.84. The van der Waals surface area contributed by atoms with Gasteiger partial charge in [-0.15, -0.1) is 0 Å². The van der Waals surface area contributed by atoms with Gasteiger partial charge in [0, 0.05) is 23.8 Å². The fourth-order valence-corrected chi connectivity index (χ4v) is 3.98. The van der Waals surface area contributed by atoms with Crippen molar-refractivity contribution in [2.45, 2.75) is 25.2 Å². The number of benzene rings is 1. The van der Waals surface area contributed by atoms with Crippen molar-refractivity contribution in [1.82, 2.24) is 19.5 Å². The van der Waals surface area contributed by atoms with E-state index in [4.69, 9.17) is 32.1 Å². The zero-order valence-corrected chi connectivity index (χ0v) is 16.6. The summed E-state index contributed by atoms with van der Waals surface area (Å²) < 4.78 is 14.1. The highest BCUT2D eigenvalue weighted by molar-refractivity contribution is 6.36. The van der Waals surface area contributed by atoms with Crippen molar-refractivity contribution in [2.24, 2.45) is 0 Å². The van der Waals surface area contributed by atoms with Crippen LogP contribution in [0.4, 0.5) is 5.82 Å². The van der Waals surface area contributed by atoms with Gasteiger partial charge in [-0.1, -0.05) is 11.6 Å². The standard InChI is InChI=1S/C21H17ClN6O2/c22-19-12(8-23)9-25-17-7-13(1-3-15(17)19)29-10-14-2-4-18(30-14)28-6-5-16-20(24)26-11-27-21(16)28/h1,3,5-7,9,11,14,18H,2,4,10H2,(H2,24,26,27)/t14-,18+/m0/s1. The van der Waals surface area contributed by atoms with Gasteiger partial charge in [0.25, 0.3) is 0 Å². The zero-order chi connectivity index (χ0) is 20.7. The van der Waals surface area contributed by atoms with Crippen molar-refractivity contribution in [3.8, 4) is 11.8 Å². The van der Waals surface area contributed by atoms with Crippen LogP contribution in [0.1, 0.15) is 24.6 Å². The van der Waals surface area contributed by atoms with Gasteiger partial charge >= 0.3 is 0 Å². The molecule has 3 aromatic heterocycles. The number of nitriles is 1. The first-order chi connectivity index (χ1) is 14.6. The number of fused-ring (bicyclic) bond motifs is 2. The lowest BCUT2D eigenvalue weighted by molar-refractivity contribution is -0.0156. The van der Waals surface area contributed by atoms with E-state index in [1.807, 2.05) is 41.1 Å². The predicted molar refractivity (Wildman–Crippen MR) is 112 cm³/mol. The summed E-state index contributed by atoms with van der Waals surface area (Å²) in [4.78, 5) is 12.7. The Bertz CT molecular complexity index is 1300. The summed E-state index contributed by atoms with van der Waals surface area (Å²) in [5, 5.41) is 11.0. The van der Waals surface area contributed by atoms with Crippen LogP contribution in [0.3, 0.4) is 0 Å². The summed E-state index contributed by atoms with van der Waals surface area (Å²) in [6.07, 6.45) is 6.42. The molecule has 1 aliphatic rings. The van der Waals surface area contributed by atoms with Crippen molar-refractivity contribution >= 4 is 39.4 Å². The van der Waals surface area contributed by atoms with E-state index in [1.165, 1.54) is 12.5 Å². The van der Waals surface area contributed by atoms with Crippen LogP contribution in [0.2, 0.25) is 5.02 Å². The zero-order valence-electron chi connectivity index (χ0n) is 15.8. The Labute approximate surface area is 176 Å². The molecule has 0 aliphatic carbocycles. The van der Waals surface area contributed by atoms with Gasteiger partial charge < -0.3 is 19.8 Å². The van der Waals surface area contributed by atoms with Crippen molar-refractivity contribution in [1.29, 1.82) is 5.26 Å². The first kappa shape index (κ1) is 18.6. The van der Waals surface area contributed by atoms with E-state index in [0.717, 1.165) is 29.3 Å². The Morgan fingerprint density at radius 3 is 3.00 bits per heavy atom. The SMILES string of the molecule is N#Cc1cnc2cc(OC[C@@H]3CC[C@H](n4ccc5c(N)ncnc54)O3)ccc2c1Cl. The maximum absolute atomic E-state index is 9.07. The number of nitrogen functional groups attached to an aromatic ring is 1. The second kappa shape index (κ2) is 7.44. The lowest BCUT2D eigenvalue weighted by Crippen LogP contribution is -2.18. The highest BCUT2D eigenvalue weighted by Crippen LogP contribution is 2.33. The molecule has 0 bridgehead atoms. The molecule has 30 heavy (non-hydrogen) atoms. The maximum Gasteiger partial charge on any atom is 0.147 e. The number of hydrogen-bond acceptors (Lipinski definition) is 7. The summed E-state index contributed by atoms with van der Waals surface area (Å²) in [6.45, 7) is 0.419. The van der Waals surface area contributed by atoms with Gasteiger partial charge in [-0.25, -0.2) is 9.97 Å². The third-order valence-corrected chi connectivity index (χ3v) is 5.67. The van der Waals surface area contributed by atoms with E-state index in [2.05, 4.69) is 15.0 Å². The molecule has 5 rings (SSSR count). The van der Waals surface area contributed by atoms with Gasteiger partial charge in [0.1, 0.15) is 42.4 Å². The molecular formula is C21H17ClN6O2. The molecule has 4 heterocycles. The van der Waals surface area contributed by atoms with E-state index in [0.29, 0.717) is 34.3 Å². The van der Waals surface area contributed by atoms with Crippen LogP contribution in [-0.4, -0.2) is 32.2 Å². The minimum absolute atomic E-state index is 0.0418. The fourth-order valence-electron chi connectivity index (χ4n) is 3.73. The highest BCUT2D eigenvalue weighted by atomic mass is 35.5. The molecule has 0 unspecified atom stereocenters. The van der Waals surface area contributed by atoms with Gasteiger partial charge in [0.15, 0.2) is 0 Å². The molecule has 0 amide bonds. The van der Waals surface area contributed by atoms with Crippen molar-refractivity contribution < 1.29 is 9.47 Å². The summed E-state index contributed by atoms with van der Waals surface area (Å²) in [5.41, 5.74) is 7.72. The third kappa shape index (κ3) is 3.18. The van der Waals surface area contributed by atoms with Crippen molar-refractivity contribution in [2.75, 3.05) is 12.3 Å². The average Bonchev–Trinajstić information content (AvgIpc) is 3.40. The van der Waals surface area contributed by atoms with Gasteiger partial charge in [-0.05, 0) is 31.0 Å². The van der Waals surface area contributed by atoms with E-state index in [9.17, 15) is 0 Å². The Hall–Kier alpha value is -3.41. The van der Waals surface area contributed by atoms with E-state index < -0.39 is 0 Å². The number of aromatic nitrogens is 4. The maximum atomic E-state index is 9.07. The van der Waals surface area contributed by atoms with Gasteiger partial charge in [0.05, 0.1) is 27.6 Å². The molecule has 1 saturated heterocycles. The number of halogens is 1. The van der Waals surface area contributed by atoms with Crippen molar-refractivity contribution in [3.05, 3.63) is 53.6 Å². The molecule has 9 heteroatoms. The Morgan fingerprint density at radius 1 is 1.23 bits per heavy atom. The smallest absolute Gasteiger partial charge is 0.147 e. The second-order valence-electron chi connectivity index (χ2n) is 7.10. The number of ether oxygens (including phenoxy) is 2. The number of hydrogen-bond donors (Lipinski definition) is 1. The highest BCUT2D eigenvalue weighted by Gasteiger charge is 2.28. The van der Waals surface area contributed by atoms with Crippen LogP contribution < -0.4 is 10.5 Å². The topological polar surface area (TPSA) is 112 Å². The molecule has 0 radical (unpaired) electrons. The molecule has 1 fully saturated rings. The van der Waals surface area contributed by atoms with Crippen LogP contribution >= 0.6 is 11.6 Å². The summed E-state index contributed by atoms with van der Waals surface area (Å²) >= 11 is 6.25. The van der Waals surface area contributed by atoms with Gasteiger partial charge in [0.2, 0.25) is 0 Å². The Morgan fingerprint density at radius 2 is 2.13 bits per heavy atom. The van der Waals surface area contributed by atoms with Crippen molar-refractivity contribution in [3.63, 3.8) is 0 Å². The Balaban J connectivity index is 1.27. The molecular weight excluding hydrogens is 404 g/mol. The summed E-state index contributed by atoms with van der Waals surface area (Å²) in [7, 11) is 0. The molecule has 2 atom stereocenters.